The van der Waals surface area contributed by atoms with Crippen molar-refractivity contribution >= 4 is 21.9 Å². The van der Waals surface area contributed by atoms with E-state index in [1.54, 1.807) is 0 Å². The fourth-order valence-corrected chi connectivity index (χ4v) is 2.44. The summed E-state index contributed by atoms with van der Waals surface area (Å²) < 4.78 is 6.42. The fraction of sp³-hybridized carbons (Fsp3) is 0.583. The molecule has 0 saturated heterocycles. The number of nitrogens with zero attached hydrogens (tertiary/aromatic N) is 3. The van der Waals surface area contributed by atoms with Crippen LogP contribution < -0.4 is 5.73 Å². The van der Waals surface area contributed by atoms with Gasteiger partial charge in [-0.15, -0.1) is 0 Å². The maximum atomic E-state index is 5.99. The Kier molecular flexibility index (Phi) is 3.68. The zero-order valence-corrected chi connectivity index (χ0v) is 12.6. The summed E-state index contributed by atoms with van der Waals surface area (Å²) in [5, 5.41) is 0. The molecule has 2 heterocycles. The van der Waals surface area contributed by atoms with E-state index in [0.29, 0.717) is 12.5 Å². The van der Waals surface area contributed by atoms with Crippen LogP contribution in [0.15, 0.2) is 26.2 Å². The number of nitrogens with two attached hydrogens (primary N) is 1. The molecule has 1 unspecified atom stereocenters. The van der Waals surface area contributed by atoms with Gasteiger partial charge in [0, 0.05) is 13.1 Å². The van der Waals surface area contributed by atoms with Crippen LogP contribution in [0.1, 0.15) is 12.7 Å². The second-order valence-corrected chi connectivity index (χ2v) is 5.79. The highest BCUT2D eigenvalue weighted by Gasteiger charge is 2.41. The maximum Gasteiger partial charge on any atom is 0.192 e. The topological polar surface area (TPSA) is 58.0 Å². The van der Waals surface area contributed by atoms with Gasteiger partial charge >= 0.3 is 0 Å². The molecule has 1 aliphatic heterocycles. The lowest BCUT2D eigenvalue weighted by atomic mass is 9.98. The zero-order chi connectivity index (χ0) is 13.3. The van der Waals surface area contributed by atoms with Crippen LogP contribution in [-0.4, -0.2) is 49.5 Å². The molecule has 1 aliphatic rings. The second kappa shape index (κ2) is 4.93. The van der Waals surface area contributed by atoms with Gasteiger partial charge in [-0.3, -0.25) is 4.99 Å². The molecule has 1 aromatic rings. The molecule has 0 fully saturated rings. The molecule has 0 radical (unpaired) electrons. The van der Waals surface area contributed by atoms with Crippen LogP contribution in [0.4, 0.5) is 0 Å². The van der Waals surface area contributed by atoms with Crippen LogP contribution in [0, 0.1) is 0 Å². The smallest absolute Gasteiger partial charge is 0.192 e. The van der Waals surface area contributed by atoms with E-state index >= 15 is 0 Å². The molecule has 0 bridgehead atoms. The quantitative estimate of drug-likeness (QED) is 0.914. The first-order valence-corrected chi connectivity index (χ1v) is 6.71. The molecule has 2 rings (SSSR count). The molecule has 0 aliphatic carbocycles. The summed E-state index contributed by atoms with van der Waals surface area (Å²) in [4.78, 5) is 8.60. The second-order valence-electron chi connectivity index (χ2n) is 5.01. The van der Waals surface area contributed by atoms with Crippen molar-refractivity contribution in [2.75, 3.05) is 33.7 Å². The van der Waals surface area contributed by atoms with E-state index in [1.165, 1.54) is 0 Å². The summed E-state index contributed by atoms with van der Waals surface area (Å²) in [5.74, 6) is 1.48. The van der Waals surface area contributed by atoms with Crippen molar-refractivity contribution in [2.24, 2.45) is 10.7 Å². The minimum absolute atomic E-state index is 0.286. The van der Waals surface area contributed by atoms with Crippen molar-refractivity contribution < 1.29 is 4.42 Å². The van der Waals surface area contributed by atoms with Gasteiger partial charge in [-0.25, -0.2) is 0 Å². The molecule has 5 nitrogen and oxygen atoms in total. The average Bonchev–Trinajstić information content (AvgIpc) is 2.83. The molecule has 0 spiro atoms. The van der Waals surface area contributed by atoms with E-state index in [0.717, 1.165) is 23.5 Å². The highest BCUT2D eigenvalue weighted by molar-refractivity contribution is 9.10. The highest BCUT2D eigenvalue weighted by atomic mass is 79.9. The van der Waals surface area contributed by atoms with Gasteiger partial charge in [-0.1, -0.05) is 0 Å². The molecule has 6 heteroatoms. The van der Waals surface area contributed by atoms with E-state index in [-0.39, 0.29) is 5.54 Å². The summed E-state index contributed by atoms with van der Waals surface area (Å²) in [7, 11) is 4.09. The summed E-state index contributed by atoms with van der Waals surface area (Å²) in [6, 6.07) is 3.88. The summed E-state index contributed by atoms with van der Waals surface area (Å²) in [5.41, 5.74) is 5.70. The lowest BCUT2D eigenvalue weighted by molar-refractivity contribution is 0.172. The number of hydrogen-bond donors (Lipinski definition) is 1. The molecule has 0 saturated carbocycles. The number of furan rings is 1. The van der Waals surface area contributed by atoms with E-state index in [2.05, 4.69) is 37.6 Å². The highest BCUT2D eigenvalue weighted by Crippen LogP contribution is 2.34. The molecule has 100 valence electrons. The Labute approximate surface area is 116 Å². The van der Waals surface area contributed by atoms with Crippen LogP contribution in [0.2, 0.25) is 0 Å². The van der Waals surface area contributed by atoms with Crippen molar-refractivity contribution in [2.45, 2.75) is 12.5 Å². The number of guanidine groups is 1. The zero-order valence-electron chi connectivity index (χ0n) is 11.0. The Bertz CT molecular complexity index is 457. The number of rotatable bonds is 4. The molecular weight excluding hydrogens is 296 g/mol. The standard InChI is InChI=1S/C12H19BrN4O/c1-12(9-4-5-10(13)18-9)8-15-11(14)17(12)7-6-16(2)3/h4-5H,6-8H2,1-3H3,(H2,14,15). The van der Waals surface area contributed by atoms with Crippen LogP contribution in [-0.2, 0) is 5.54 Å². The molecule has 0 amide bonds. The Morgan fingerprint density at radius 2 is 2.28 bits per heavy atom. The minimum Gasteiger partial charge on any atom is -0.452 e. The Hall–Kier alpha value is -1.01. The molecule has 18 heavy (non-hydrogen) atoms. The molecular formula is C12H19BrN4O. The lowest BCUT2D eigenvalue weighted by Gasteiger charge is -2.35. The normalized spacial score (nSPS) is 23.8. The van der Waals surface area contributed by atoms with E-state index < -0.39 is 0 Å². The number of aliphatic imine (C=N–C) groups is 1. The largest absolute Gasteiger partial charge is 0.452 e. The Morgan fingerprint density at radius 3 is 2.83 bits per heavy atom. The van der Waals surface area contributed by atoms with Gasteiger partial charge in [0.1, 0.15) is 11.3 Å². The van der Waals surface area contributed by atoms with Crippen molar-refractivity contribution in [3.8, 4) is 0 Å². The number of hydrogen-bond acceptors (Lipinski definition) is 5. The lowest BCUT2D eigenvalue weighted by Crippen LogP contribution is -2.49. The van der Waals surface area contributed by atoms with Crippen LogP contribution in [0.3, 0.4) is 0 Å². The van der Waals surface area contributed by atoms with Crippen LogP contribution in [0.5, 0.6) is 0 Å². The van der Waals surface area contributed by atoms with Gasteiger partial charge in [0.2, 0.25) is 0 Å². The van der Waals surface area contributed by atoms with Gasteiger partial charge in [-0.05, 0) is 49.1 Å². The number of likely N-dealkylation sites (N-methyl/N-ethyl adjacent to an activating group) is 1. The van der Waals surface area contributed by atoms with Crippen LogP contribution in [0.25, 0.3) is 0 Å². The van der Waals surface area contributed by atoms with Crippen molar-refractivity contribution in [3.05, 3.63) is 22.6 Å². The Balaban J connectivity index is 2.21. The summed E-state index contributed by atoms with van der Waals surface area (Å²) in [6.07, 6.45) is 0. The SMILES string of the molecule is CN(C)CCN1C(N)=NCC1(C)c1ccc(Br)o1. The molecule has 2 N–H and O–H groups in total. The fourth-order valence-electron chi connectivity index (χ4n) is 2.13. The van der Waals surface area contributed by atoms with Crippen molar-refractivity contribution in [1.29, 1.82) is 0 Å². The minimum atomic E-state index is -0.286. The van der Waals surface area contributed by atoms with Gasteiger partial charge in [0.25, 0.3) is 0 Å². The number of halogens is 1. The molecule has 0 aromatic carbocycles. The predicted molar refractivity (Wildman–Crippen MR) is 75.5 cm³/mol. The third kappa shape index (κ3) is 2.40. The first-order valence-electron chi connectivity index (χ1n) is 5.91. The monoisotopic (exact) mass is 314 g/mol. The predicted octanol–water partition coefficient (Wildman–Crippen LogP) is 1.45. The Morgan fingerprint density at radius 1 is 1.56 bits per heavy atom. The van der Waals surface area contributed by atoms with E-state index in [9.17, 15) is 0 Å². The van der Waals surface area contributed by atoms with Crippen LogP contribution >= 0.6 is 15.9 Å². The average molecular weight is 315 g/mol. The van der Waals surface area contributed by atoms with Gasteiger partial charge < -0.3 is 20.0 Å². The van der Waals surface area contributed by atoms with Gasteiger partial charge in [0.15, 0.2) is 10.6 Å². The summed E-state index contributed by atoms with van der Waals surface area (Å²) in [6.45, 7) is 4.49. The van der Waals surface area contributed by atoms with Crippen molar-refractivity contribution in [3.63, 3.8) is 0 Å². The first kappa shape index (κ1) is 13.4. The summed E-state index contributed by atoms with van der Waals surface area (Å²) >= 11 is 3.34. The van der Waals surface area contributed by atoms with Crippen molar-refractivity contribution in [1.82, 2.24) is 9.80 Å². The third-order valence-corrected chi connectivity index (χ3v) is 3.72. The van der Waals surface area contributed by atoms with Gasteiger partial charge in [0.05, 0.1) is 6.54 Å². The first-order chi connectivity index (χ1) is 8.43. The van der Waals surface area contributed by atoms with Gasteiger partial charge in [-0.2, -0.15) is 0 Å². The molecule has 1 aromatic heterocycles. The molecule has 1 atom stereocenters. The third-order valence-electron chi connectivity index (χ3n) is 3.30. The van der Waals surface area contributed by atoms with E-state index in [4.69, 9.17) is 10.2 Å². The maximum absolute atomic E-state index is 5.99. The van der Waals surface area contributed by atoms with E-state index in [1.807, 2.05) is 26.2 Å².